The topological polar surface area (TPSA) is 89.1 Å². The summed E-state index contributed by atoms with van der Waals surface area (Å²) in [5.41, 5.74) is 0.937. The first-order chi connectivity index (χ1) is 10.1. The Labute approximate surface area is 117 Å². The number of halogens is 1. The molecule has 21 heavy (non-hydrogen) atoms. The van der Waals surface area contributed by atoms with Crippen molar-refractivity contribution in [2.45, 2.75) is 0 Å². The number of carboxylic acid groups (broad SMARTS) is 1. The van der Waals surface area contributed by atoms with Crippen LogP contribution in [0.25, 0.3) is 23.0 Å². The molecule has 0 unspecified atom stereocenters. The van der Waals surface area contributed by atoms with Crippen molar-refractivity contribution < 1.29 is 18.7 Å². The van der Waals surface area contributed by atoms with E-state index in [-0.39, 0.29) is 17.3 Å². The highest BCUT2D eigenvalue weighted by Crippen LogP contribution is 2.23. The Balaban J connectivity index is 1.96. The second kappa shape index (κ2) is 5.12. The van der Waals surface area contributed by atoms with Crippen molar-refractivity contribution in [2.24, 2.45) is 0 Å². The quantitative estimate of drug-likeness (QED) is 0.795. The normalized spacial score (nSPS) is 10.5. The van der Waals surface area contributed by atoms with E-state index in [9.17, 15) is 9.18 Å². The fourth-order valence-corrected chi connectivity index (χ4v) is 1.73. The van der Waals surface area contributed by atoms with Crippen molar-refractivity contribution in [3.05, 3.63) is 54.0 Å². The van der Waals surface area contributed by atoms with Gasteiger partial charge < -0.3 is 9.52 Å². The third kappa shape index (κ3) is 2.62. The number of aromatic carboxylic acids is 1. The van der Waals surface area contributed by atoms with Gasteiger partial charge in [-0.15, -0.1) is 10.2 Å². The van der Waals surface area contributed by atoms with Gasteiger partial charge in [-0.05, 0) is 30.3 Å². The first-order valence-electron chi connectivity index (χ1n) is 5.92. The number of pyridine rings is 1. The highest BCUT2D eigenvalue weighted by atomic mass is 19.1. The molecule has 1 aromatic carbocycles. The molecule has 7 heteroatoms. The summed E-state index contributed by atoms with van der Waals surface area (Å²) in [6.45, 7) is 0. The van der Waals surface area contributed by atoms with E-state index in [1.54, 1.807) is 12.1 Å². The standard InChI is InChI=1S/C14H8FN3O3/c15-10-4-5-11(16-7-10)13-18-17-12(21-13)8-2-1-3-9(6-8)14(19)20/h1-7H,(H,19,20). The Morgan fingerprint density at radius 2 is 1.95 bits per heavy atom. The van der Waals surface area contributed by atoms with Crippen molar-refractivity contribution in [3.8, 4) is 23.0 Å². The molecule has 104 valence electrons. The van der Waals surface area contributed by atoms with E-state index < -0.39 is 11.8 Å². The molecular weight excluding hydrogens is 277 g/mol. The first kappa shape index (κ1) is 12.9. The molecule has 0 bridgehead atoms. The molecule has 0 aliphatic carbocycles. The zero-order valence-electron chi connectivity index (χ0n) is 10.5. The van der Waals surface area contributed by atoms with Crippen LogP contribution >= 0.6 is 0 Å². The van der Waals surface area contributed by atoms with E-state index in [0.717, 1.165) is 6.20 Å². The summed E-state index contributed by atoms with van der Waals surface area (Å²) in [4.78, 5) is 14.8. The van der Waals surface area contributed by atoms with Crippen LogP contribution in [0.1, 0.15) is 10.4 Å². The van der Waals surface area contributed by atoms with Crippen LogP contribution in [0.4, 0.5) is 4.39 Å². The van der Waals surface area contributed by atoms with Crippen LogP contribution in [-0.2, 0) is 0 Å². The minimum absolute atomic E-state index is 0.118. The molecule has 0 aliphatic rings. The molecule has 3 aromatic rings. The lowest BCUT2D eigenvalue weighted by Crippen LogP contribution is -1.95. The number of aromatic nitrogens is 3. The third-order valence-electron chi connectivity index (χ3n) is 2.73. The summed E-state index contributed by atoms with van der Waals surface area (Å²) in [6, 6.07) is 8.78. The molecule has 1 N–H and O–H groups in total. The van der Waals surface area contributed by atoms with Crippen LogP contribution < -0.4 is 0 Å². The maximum Gasteiger partial charge on any atom is 0.335 e. The summed E-state index contributed by atoms with van der Waals surface area (Å²) in [6.07, 6.45) is 1.05. The molecule has 0 fully saturated rings. The van der Waals surface area contributed by atoms with Crippen LogP contribution in [-0.4, -0.2) is 26.3 Å². The van der Waals surface area contributed by atoms with Crippen LogP contribution in [0, 0.1) is 5.82 Å². The molecule has 0 radical (unpaired) electrons. The van der Waals surface area contributed by atoms with E-state index in [1.807, 2.05) is 0 Å². The highest BCUT2D eigenvalue weighted by Gasteiger charge is 2.13. The lowest BCUT2D eigenvalue weighted by molar-refractivity contribution is 0.0697. The molecule has 0 spiro atoms. The summed E-state index contributed by atoms with van der Waals surface area (Å²) >= 11 is 0. The minimum atomic E-state index is -1.04. The van der Waals surface area contributed by atoms with Crippen LogP contribution in [0.2, 0.25) is 0 Å². The number of hydrogen-bond acceptors (Lipinski definition) is 5. The van der Waals surface area contributed by atoms with Gasteiger partial charge in [-0.25, -0.2) is 14.2 Å². The average Bonchev–Trinajstić information content (AvgIpc) is 2.98. The number of benzene rings is 1. The van der Waals surface area contributed by atoms with Crippen molar-refractivity contribution in [1.29, 1.82) is 0 Å². The Bertz CT molecular complexity index is 799. The van der Waals surface area contributed by atoms with Crippen molar-refractivity contribution in [2.75, 3.05) is 0 Å². The Hall–Kier alpha value is -3.09. The molecule has 2 aromatic heterocycles. The zero-order valence-corrected chi connectivity index (χ0v) is 10.5. The molecule has 0 aliphatic heterocycles. The molecular formula is C14H8FN3O3. The molecule has 0 saturated heterocycles. The number of carbonyl (C=O) groups is 1. The van der Waals surface area contributed by atoms with Gasteiger partial charge in [0.2, 0.25) is 5.89 Å². The maximum atomic E-state index is 12.8. The van der Waals surface area contributed by atoms with Crippen molar-refractivity contribution in [3.63, 3.8) is 0 Å². The number of hydrogen-bond donors (Lipinski definition) is 1. The van der Waals surface area contributed by atoms with Crippen molar-refractivity contribution in [1.82, 2.24) is 15.2 Å². The predicted molar refractivity (Wildman–Crippen MR) is 69.9 cm³/mol. The lowest BCUT2D eigenvalue weighted by atomic mass is 10.1. The van der Waals surface area contributed by atoms with Gasteiger partial charge in [0.1, 0.15) is 11.5 Å². The summed E-state index contributed by atoms with van der Waals surface area (Å²) < 4.78 is 18.2. The van der Waals surface area contributed by atoms with E-state index in [2.05, 4.69) is 15.2 Å². The summed E-state index contributed by atoms with van der Waals surface area (Å²) in [7, 11) is 0. The Kier molecular flexibility index (Phi) is 3.15. The molecule has 6 nitrogen and oxygen atoms in total. The van der Waals surface area contributed by atoms with Gasteiger partial charge in [-0.2, -0.15) is 0 Å². The van der Waals surface area contributed by atoms with Gasteiger partial charge in [-0.3, -0.25) is 0 Å². The average molecular weight is 285 g/mol. The van der Waals surface area contributed by atoms with Gasteiger partial charge >= 0.3 is 5.97 Å². The largest absolute Gasteiger partial charge is 0.478 e. The fourth-order valence-electron chi connectivity index (χ4n) is 1.73. The Morgan fingerprint density at radius 1 is 1.14 bits per heavy atom. The second-order valence-corrected chi connectivity index (χ2v) is 4.16. The maximum absolute atomic E-state index is 12.8. The highest BCUT2D eigenvalue weighted by molar-refractivity contribution is 5.88. The SMILES string of the molecule is O=C(O)c1cccc(-c2nnc(-c3ccc(F)cn3)o2)c1. The molecule has 2 heterocycles. The van der Waals surface area contributed by atoms with Crippen LogP contribution in [0.15, 0.2) is 47.0 Å². The molecule has 3 rings (SSSR count). The smallest absolute Gasteiger partial charge is 0.335 e. The van der Waals surface area contributed by atoms with Crippen molar-refractivity contribution >= 4 is 5.97 Å². The van der Waals surface area contributed by atoms with E-state index >= 15 is 0 Å². The molecule has 0 saturated carbocycles. The monoisotopic (exact) mass is 285 g/mol. The lowest BCUT2D eigenvalue weighted by Gasteiger charge is -1.97. The van der Waals surface area contributed by atoms with Gasteiger partial charge in [0.05, 0.1) is 11.8 Å². The second-order valence-electron chi connectivity index (χ2n) is 4.16. The number of nitrogens with zero attached hydrogens (tertiary/aromatic N) is 3. The van der Waals surface area contributed by atoms with Gasteiger partial charge in [-0.1, -0.05) is 6.07 Å². The zero-order chi connectivity index (χ0) is 14.8. The van der Waals surface area contributed by atoms with E-state index in [4.69, 9.17) is 9.52 Å². The molecule has 0 amide bonds. The fraction of sp³-hybridized carbons (Fsp3) is 0. The van der Waals surface area contributed by atoms with Gasteiger partial charge in [0.15, 0.2) is 0 Å². The van der Waals surface area contributed by atoms with Crippen LogP contribution in [0.3, 0.4) is 0 Å². The minimum Gasteiger partial charge on any atom is -0.478 e. The van der Waals surface area contributed by atoms with Gasteiger partial charge in [0.25, 0.3) is 5.89 Å². The third-order valence-corrected chi connectivity index (χ3v) is 2.73. The summed E-state index contributed by atoms with van der Waals surface area (Å²) in [5.74, 6) is -1.21. The number of carboxylic acids is 1. The first-order valence-corrected chi connectivity index (χ1v) is 5.92. The Morgan fingerprint density at radius 3 is 2.67 bits per heavy atom. The van der Waals surface area contributed by atoms with E-state index in [0.29, 0.717) is 11.3 Å². The number of rotatable bonds is 3. The summed E-state index contributed by atoms with van der Waals surface area (Å²) in [5, 5.41) is 16.6. The van der Waals surface area contributed by atoms with E-state index in [1.165, 1.54) is 24.3 Å². The predicted octanol–water partition coefficient (Wildman–Crippen LogP) is 2.64. The van der Waals surface area contributed by atoms with Gasteiger partial charge in [0, 0.05) is 5.56 Å². The van der Waals surface area contributed by atoms with Crippen LogP contribution in [0.5, 0.6) is 0 Å². The molecule has 0 atom stereocenters.